The molecular weight excluding hydrogens is 156 g/mol. The first-order chi connectivity index (χ1) is 5.73. The van der Waals surface area contributed by atoms with Gasteiger partial charge in [0.05, 0.1) is 0 Å². The molecule has 0 aromatic carbocycles. The lowest BCUT2D eigenvalue weighted by atomic mass is 9.82. The Morgan fingerprint density at radius 2 is 1.75 bits per heavy atom. The molecule has 0 unspecified atom stereocenters. The highest BCUT2D eigenvalue weighted by Crippen LogP contribution is 2.37. The first kappa shape index (κ1) is 7.77. The summed E-state index contributed by atoms with van der Waals surface area (Å²) in [6.45, 7) is 0. The Bertz CT molecular complexity index is 226. The van der Waals surface area contributed by atoms with Crippen LogP contribution in [0.2, 0.25) is 0 Å². The fourth-order valence-electron chi connectivity index (χ4n) is 2.11. The third kappa shape index (κ3) is 1.04. The number of esters is 1. The minimum Gasteiger partial charge on any atom is -0.451 e. The maximum absolute atomic E-state index is 11.4. The average Bonchev–Trinajstić information content (AvgIpc) is 2.29. The fraction of sp³-hybridized carbons (Fsp3) is 0.778. The highest BCUT2D eigenvalue weighted by atomic mass is 16.6. The number of hydrogen-bond donors (Lipinski definition) is 0. The quantitative estimate of drug-likeness (QED) is 0.403. The van der Waals surface area contributed by atoms with E-state index in [4.69, 9.17) is 4.74 Å². The Kier molecular flexibility index (Phi) is 1.67. The molecule has 3 heteroatoms. The second-order valence-electron chi connectivity index (χ2n) is 3.63. The van der Waals surface area contributed by atoms with Crippen molar-refractivity contribution < 1.29 is 14.3 Å². The van der Waals surface area contributed by atoms with E-state index in [-0.39, 0.29) is 18.2 Å². The molecule has 2 fully saturated rings. The van der Waals surface area contributed by atoms with Crippen molar-refractivity contribution in [3.8, 4) is 0 Å². The van der Waals surface area contributed by atoms with Crippen LogP contribution in [0, 0.1) is 0 Å². The van der Waals surface area contributed by atoms with E-state index in [9.17, 15) is 9.59 Å². The molecule has 3 nitrogen and oxygen atoms in total. The maximum atomic E-state index is 11.4. The van der Waals surface area contributed by atoms with E-state index in [1.165, 1.54) is 0 Å². The maximum Gasteiger partial charge on any atom is 0.314 e. The van der Waals surface area contributed by atoms with Gasteiger partial charge in [-0.25, -0.2) is 0 Å². The molecule has 0 aromatic heterocycles. The van der Waals surface area contributed by atoms with Crippen molar-refractivity contribution in [1.29, 1.82) is 0 Å². The van der Waals surface area contributed by atoms with Crippen molar-refractivity contribution in [3.05, 3.63) is 0 Å². The standard InChI is InChI=1S/C9H12O3/c10-7-6-8(11)12-9(7)4-2-1-3-5-9/h1-6H2. The number of carbonyl (C=O) groups excluding carboxylic acids is 2. The predicted octanol–water partition coefficient (Wildman–Crippen LogP) is 1.21. The number of ketones is 1. The largest absolute Gasteiger partial charge is 0.451 e. The number of ether oxygens (including phenoxy) is 1. The number of Topliss-reactive ketones (excluding diaryl/α,β-unsaturated/α-hetero) is 1. The van der Waals surface area contributed by atoms with Gasteiger partial charge in [-0.05, 0) is 25.7 Å². The van der Waals surface area contributed by atoms with Crippen LogP contribution in [0.4, 0.5) is 0 Å². The molecule has 0 amide bonds. The van der Waals surface area contributed by atoms with Crippen molar-refractivity contribution in [2.75, 3.05) is 0 Å². The molecule has 0 aromatic rings. The molecule has 2 aliphatic rings. The van der Waals surface area contributed by atoms with E-state index >= 15 is 0 Å². The molecule has 0 bridgehead atoms. The Morgan fingerprint density at radius 3 is 2.25 bits per heavy atom. The van der Waals surface area contributed by atoms with Crippen LogP contribution in [0.15, 0.2) is 0 Å². The van der Waals surface area contributed by atoms with Gasteiger partial charge in [-0.3, -0.25) is 9.59 Å². The van der Waals surface area contributed by atoms with E-state index in [1.807, 2.05) is 0 Å². The second-order valence-corrected chi connectivity index (χ2v) is 3.63. The Balaban J connectivity index is 2.18. The molecule has 1 heterocycles. The van der Waals surface area contributed by atoms with Crippen molar-refractivity contribution in [3.63, 3.8) is 0 Å². The molecule has 1 aliphatic heterocycles. The first-order valence-electron chi connectivity index (χ1n) is 4.48. The predicted molar refractivity (Wildman–Crippen MR) is 41.5 cm³/mol. The summed E-state index contributed by atoms with van der Waals surface area (Å²) in [5.74, 6) is -0.325. The monoisotopic (exact) mass is 168 g/mol. The van der Waals surface area contributed by atoms with Crippen LogP contribution in [0.3, 0.4) is 0 Å². The molecule has 1 saturated heterocycles. The molecule has 0 atom stereocenters. The molecular formula is C9H12O3. The highest BCUT2D eigenvalue weighted by molar-refractivity contribution is 6.06. The van der Waals surface area contributed by atoms with Gasteiger partial charge < -0.3 is 4.74 Å². The van der Waals surface area contributed by atoms with Gasteiger partial charge in [-0.1, -0.05) is 6.42 Å². The number of carbonyl (C=O) groups is 2. The third-order valence-corrected chi connectivity index (χ3v) is 2.78. The zero-order valence-corrected chi connectivity index (χ0v) is 6.97. The van der Waals surface area contributed by atoms with Crippen molar-refractivity contribution in [2.45, 2.75) is 44.1 Å². The van der Waals surface area contributed by atoms with Crippen LogP contribution < -0.4 is 0 Å². The Hall–Kier alpha value is -0.860. The van der Waals surface area contributed by atoms with Crippen LogP contribution in [0.5, 0.6) is 0 Å². The summed E-state index contributed by atoms with van der Waals surface area (Å²) >= 11 is 0. The topological polar surface area (TPSA) is 43.4 Å². The van der Waals surface area contributed by atoms with Gasteiger partial charge >= 0.3 is 5.97 Å². The zero-order chi connectivity index (χ0) is 8.60. The Morgan fingerprint density at radius 1 is 1.08 bits per heavy atom. The van der Waals surface area contributed by atoms with Crippen LogP contribution in [0.25, 0.3) is 0 Å². The summed E-state index contributed by atoms with van der Waals surface area (Å²) in [5.41, 5.74) is -0.685. The fourth-order valence-corrected chi connectivity index (χ4v) is 2.11. The first-order valence-corrected chi connectivity index (χ1v) is 4.48. The van der Waals surface area contributed by atoms with E-state index < -0.39 is 5.60 Å². The number of hydrogen-bond acceptors (Lipinski definition) is 3. The normalized spacial score (nSPS) is 27.7. The smallest absolute Gasteiger partial charge is 0.314 e. The van der Waals surface area contributed by atoms with Crippen LogP contribution >= 0.6 is 0 Å². The third-order valence-electron chi connectivity index (χ3n) is 2.78. The summed E-state index contributed by atoms with van der Waals surface area (Å²) < 4.78 is 5.11. The zero-order valence-electron chi connectivity index (χ0n) is 6.97. The van der Waals surface area contributed by atoms with Crippen molar-refractivity contribution in [1.82, 2.24) is 0 Å². The SMILES string of the molecule is O=C1CC(=O)C2(CCCCC2)O1. The average molecular weight is 168 g/mol. The summed E-state index contributed by atoms with van der Waals surface area (Å²) in [6, 6.07) is 0. The molecule has 2 rings (SSSR count). The van der Waals surface area contributed by atoms with Crippen LogP contribution in [-0.2, 0) is 14.3 Å². The van der Waals surface area contributed by atoms with Gasteiger partial charge in [0, 0.05) is 0 Å². The lowest BCUT2D eigenvalue weighted by Crippen LogP contribution is -2.37. The van der Waals surface area contributed by atoms with Gasteiger partial charge in [0.1, 0.15) is 6.42 Å². The van der Waals surface area contributed by atoms with E-state index in [0.717, 1.165) is 32.1 Å². The molecule has 1 aliphatic carbocycles. The molecule has 1 saturated carbocycles. The summed E-state index contributed by atoms with van der Waals surface area (Å²) in [4.78, 5) is 22.3. The van der Waals surface area contributed by atoms with Gasteiger partial charge in [0.2, 0.25) is 0 Å². The van der Waals surface area contributed by atoms with E-state index in [2.05, 4.69) is 0 Å². The molecule has 66 valence electrons. The Labute approximate surface area is 71.1 Å². The molecule has 0 N–H and O–H groups in total. The summed E-state index contributed by atoms with van der Waals surface area (Å²) in [5, 5.41) is 0. The lowest BCUT2D eigenvalue weighted by molar-refractivity contribution is -0.154. The van der Waals surface area contributed by atoms with Gasteiger partial charge in [0.25, 0.3) is 0 Å². The van der Waals surface area contributed by atoms with Crippen LogP contribution in [-0.4, -0.2) is 17.4 Å². The van der Waals surface area contributed by atoms with Crippen molar-refractivity contribution in [2.24, 2.45) is 0 Å². The van der Waals surface area contributed by atoms with Gasteiger partial charge in [-0.2, -0.15) is 0 Å². The second kappa shape index (κ2) is 2.57. The number of rotatable bonds is 0. The summed E-state index contributed by atoms with van der Waals surface area (Å²) in [6.07, 6.45) is 4.68. The van der Waals surface area contributed by atoms with E-state index in [1.54, 1.807) is 0 Å². The molecule has 1 spiro atoms. The van der Waals surface area contributed by atoms with E-state index in [0.29, 0.717) is 0 Å². The minimum absolute atomic E-state index is 0.000000000000000444. The molecule has 12 heavy (non-hydrogen) atoms. The van der Waals surface area contributed by atoms with Crippen LogP contribution in [0.1, 0.15) is 38.5 Å². The highest BCUT2D eigenvalue weighted by Gasteiger charge is 2.48. The van der Waals surface area contributed by atoms with Gasteiger partial charge in [0.15, 0.2) is 11.4 Å². The lowest BCUT2D eigenvalue weighted by Gasteiger charge is -2.29. The molecule has 0 radical (unpaired) electrons. The minimum atomic E-state index is -0.685. The van der Waals surface area contributed by atoms with Gasteiger partial charge in [-0.15, -0.1) is 0 Å². The van der Waals surface area contributed by atoms with Crippen molar-refractivity contribution >= 4 is 11.8 Å². The summed E-state index contributed by atoms with van der Waals surface area (Å²) in [7, 11) is 0.